The fourth-order valence-electron chi connectivity index (χ4n) is 3.39. The van der Waals surface area contributed by atoms with Crippen molar-refractivity contribution >= 4 is 35.9 Å². The molecule has 1 fully saturated rings. The topological polar surface area (TPSA) is 84.6 Å². The highest BCUT2D eigenvalue weighted by molar-refractivity contribution is 14.0. The summed E-state index contributed by atoms with van der Waals surface area (Å²) < 4.78 is 7.03. The number of likely N-dealkylation sites (tertiary alicyclic amines) is 1. The predicted octanol–water partition coefficient (Wildman–Crippen LogP) is 1.19. The van der Waals surface area contributed by atoms with Gasteiger partial charge in [-0.05, 0) is 26.2 Å². The Morgan fingerprint density at radius 1 is 1.32 bits per heavy atom. The summed E-state index contributed by atoms with van der Waals surface area (Å²) in [5.41, 5.74) is 0. The molecule has 9 heteroatoms. The van der Waals surface area contributed by atoms with Gasteiger partial charge in [0.05, 0.1) is 13.0 Å². The zero-order valence-electron chi connectivity index (χ0n) is 14.9. The molecule has 1 N–H and O–H groups in total. The highest BCUT2D eigenvalue weighted by Crippen LogP contribution is 2.19. The van der Waals surface area contributed by atoms with E-state index in [0.717, 1.165) is 69.5 Å². The first-order valence-electron chi connectivity index (χ1n) is 8.75. The number of ether oxygens (including phenoxy) is 1. The first-order valence-corrected chi connectivity index (χ1v) is 8.75. The van der Waals surface area contributed by atoms with Gasteiger partial charge in [-0.3, -0.25) is 4.79 Å². The van der Waals surface area contributed by atoms with Crippen LogP contribution in [-0.4, -0.2) is 58.3 Å². The SMILES string of the molecule is CCNC(=NCc1nnc2n1CCC2)N1CCC(C(=O)OC)CC1.I. The van der Waals surface area contributed by atoms with Crippen molar-refractivity contribution in [3.05, 3.63) is 11.6 Å². The molecular formula is C16H27IN6O2. The second-order valence-electron chi connectivity index (χ2n) is 6.24. The standard InChI is InChI=1S/C16H26N6O2.HI/c1-3-17-16(21-9-6-12(7-10-21)15(23)24-2)18-11-14-20-19-13-5-4-8-22(13)14;/h12H,3-11H2,1-2H3,(H,17,18);1H. The second kappa shape index (κ2) is 9.35. The van der Waals surface area contributed by atoms with E-state index in [1.54, 1.807) is 0 Å². The minimum Gasteiger partial charge on any atom is -0.469 e. The number of carbonyl (C=O) groups is 1. The number of esters is 1. The summed E-state index contributed by atoms with van der Waals surface area (Å²) >= 11 is 0. The normalized spacial score (nSPS) is 17.8. The zero-order chi connectivity index (χ0) is 16.9. The van der Waals surface area contributed by atoms with Gasteiger partial charge in [0.2, 0.25) is 0 Å². The van der Waals surface area contributed by atoms with E-state index in [9.17, 15) is 4.79 Å². The lowest BCUT2D eigenvalue weighted by atomic mass is 9.97. The molecule has 0 unspecified atom stereocenters. The summed E-state index contributed by atoms with van der Waals surface area (Å²) in [5.74, 6) is 2.80. The molecule has 3 heterocycles. The van der Waals surface area contributed by atoms with Crippen LogP contribution in [0.2, 0.25) is 0 Å². The van der Waals surface area contributed by atoms with E-state index < -0.39 is 0 Å². The summed E-state index contributed by atoms with van der Waals surface area (Å²) in [5, 5.41) is 11.8. The summed E-state index contributed by atoms with van der Waals surface area (Å²) in [6.07, 6.45) is 3.76. The van der Waals surface area contributed by atoms with E-state index in [4.69, 9.17) is 9.73 Å². The number of guanidine groups is 1. The van der Waals surface area contributed by atoms with Gasteiger partial charge in [-0.15, -0.1) is 34.2 Å². The molecule has 1 aromatic heterocycles. The van der Waals surface area contributed by atoms with Crippen LogP contribution >= 0.6 is 24.0 Å². The first-order chi connectivity index (χ1) is 11.7. The van der Waals surface area contributed by atoms with Crippen molar-refractivity contribution < 1.29 is 9.53 Å². The van der Waals surface area contributed by atoms with E-state index in [2.05, 4.69) is 31.9 Å². The minimum absolute atomic E-state index is 0. The van der Waals surface area contributed by atoms with Crippen molar-refractivity contribution in [1.82, 2.24) is 25.0 Å². The number of piperidine rings is 1. The molecule has 2 aliphatic heterocycles. The smallest absolute Gasteiger partial charge is 0.308 e. The van der Waals surface area contributed by atoms with Crippen LogP contribution in [0.5, 0.6) is 0 Å². The van der Waals surface area contributed by atoms with E-state index in [-0.39, 0.29) is 35.9 Å². The van der Waals surface area contributed by atoms with Crippen LogP contribution < -0.4 is 5.32 Å². The van der Waals surface area contributed by atoms with Crippen LogP contribution in [0, 0.1) is 5.92 Å². The highest BCUT2D eigenvalue weighted by Gasteiger charge is 2.27. The number of nitrogens with zero attached hydrogens (tertiary/aromatic N) is 5. The molecule has 1 saturated heterocycles. The van der Waals surface area contributed by atoms with Gasteiger partial charge in [-0.2, -0.15) is 0 Å². The lowest BCUT2D eigenvalue weighted by molar-refractivity contribution is -0.146. The number of hydrogen-bond donors (Lipinski definition) is 1. The summed E-state index contributed by atoms with van der Waals surface area (Å²) in [6.45, 7) is 6.02. The van der Waals surface area contributed by atoms with Crippen LogP contribution in [-0.2, 0) is 29.0 Å². The largest absolute Gasteiger partial charge is 0.469 e. The molecular weight excluding hydrogens is 435 g/mol. The average molecular weight is 462 g/mol. The van der Waals surface area contributed by atoms with Gasteiger partial charge in [0.25, 0.3) is 0 Å². The molecule has 1 aromatic rings. The van der Waals surface area contributed by atoms with Crippen molar-refractivity contribution in [2.45, 2.75) is 45.7 Å². The maximum Gasteiger partial charge on any atom is 0.308 e. The molecule has 25 heavy (non-hydrogen) atoms. The maximum atomic E-state index is 11.7. The lowest BCUT2D eigenvalue weighted by Gasteiger charge is -2.33. The Morgan fingerprint density at radius 3 is 2.76 bits per heavy atom. The molecule has 3 rings (SSSR count). The molecule has 0 aliphatic carbocycles. The number of methoxy groups -OCH3 is 1. The maximum absolute atomic E-state index is 11.7. The van der Waals surface area contributed by atoms with Gasteiger partial charge in [0.1, 0.15) is 12.4 Å². The molecule has 2 aliphatic rings. The Hall–Kier alpha value is -1.39. The van der Waals surface area contributed by atoms with Gasteiger partial charge < -0.3 is 19.5 Å². The number of rotatable bonds is 4. The number of carbonyl (C=O) groups excluding carboxylic acids is 1. The second-order valence-corrected chi connectivity index (χ2v) is 6.24. The number of aromatic nitrogens is 3. The Balaban J connectivity index is 0.00000225. The van der Waals surface area contributed by atoms with Crippen LogP contribution in [0.25, 0.3) is 0 Å². The Bertz CT molecular complexity index is 610. The quantitative estimate of drug-likeness (QED) is 0.313. The number of aliphatic imine (C=N–C) groups is 1. The molecule has 0 saturated carbocycles. The van der Waals surface area contributed by atoms with Crippen molar-refractivity contribution in [2.75, 3.05) is 26.7 Å². The van der Waals surface area contributed by atoms with Crippen LogP contribution in [0.3, 0.4) is 0 Å². The summed E-state index contributed by atoms with van der Waals surface area (Å²) in [4.78, 5) is 18.6. The molecule has 8 nitrogen and oxygen atoms in total. The molecule has 140 valence electrons. The molecule has 0 atom stereocenters. The average Bonchev–Trinajstić information content (AvgIpc) is 3.22. The van der Waals surface area contributed by atoms with Crippen LogP contribution in [0.15, 0.2) is 4.99 Å². The number of nitrogens with one attached hydrogen (secondary N) is 1. The fraction of sp³-hybridized carbons (Fsp3) is 0.750. The number of hydrogen-bond acceptors (Lipinski definition) is 5. The van der Waals surface area contributed by atoms with E-state index in [1.807, 2.05) is 0 Å². The van der Waals surface area contributed by atoms with Gasteiger partial charge in [0, 0.05) is 32.6 Å². The van der Waals surface area contributed by atoms with E-state index in [0.29, 0.717) is 6.54 Å². The summed E-state index contributed by atoms with van der Waals surface area (Å²) in [7, 11) is 1.46. The van der Waals surface area contributed by atoms with Crippen molar-refractivity contribution in [3.8, 4) is 0 Å². The van der Waals surface area contributed by atoms with Crippen LogP contribution in [0.4, 0.5) is 0 Å². The molecule has 0 spiro atoms. The highest BCUT2D eigenvalue weighted by atomic mass is 127. The third-order valence-corrected chi connectivity index (χ3v) is 4.72. The van der Waals surface area contributed by atoms with Crippen LogP contribution in [0.1, 0.15) is 37.8 Å². The van der Waals surface area contributed by atoms with Gasteiger partial charge in [-0.25, -0.2) is 4.99 Å². The molecule has 0 aromatic carbocycles. The van der Waals surface area contributed by atoms with Crippen molar-refractivity contribution in [2.24, 2.45) is 10.9 Å². The van der Waals surface area contributed by atoms with Crippen molar-refractivity contribution in [1.29, 1.82) is 0 Å². The Kier molecular flexibility index (Phi) is 7.45. The molecule has 0 radical (unpaired) electrons. The van der Waals surface area contributed by atoms with Gasteiger partial charge in [0.15, 0.2) is 11.8 Å². The minimum atomic E-state index is -0.101. The predicted molar refractivity (Wildman–Crippen MR) is 105 cm³/mol. The third kappa shape index (κ3) is 4.62. The Morgan fingerprint density at radius 2 is 2.08 bits per heavy atom. The van der Waals surface area contributed by atoms with Gasteiger partial charge in [-0.1, -0.05) is 0 Å². The van der Waals surface area contributed by atoms with E-state index >= 15 is 0 Å². The number of aryl methyl sites for hydroxylation is 1. The van der Waals surface area contributed by atoms with Gasteiger partial charge >= 0.3 is 5.97 Å². The summed E-state index contributed by atoms with van der Waals surface area (Å²) in [6, 6.07) is 0. The monoisotopic (exact) mass is 462 g/mol. The van der Waals surface area contributed by atoms with E-state index in [1.165, 1.54) is 7.11 Å². The number of fused-ring (bicyclic) bond motifs is 1. The van der Waals surface area contributed by atoms with Crippen molar-refractivity contribution in [3.63, 3.8) is 0 Å². The fourth-order valence-corrected chi connectivity index (χ4v) is 3.39. The zero-order valence-corrected chi connectivity index (χ0v) is 17.2. The molecule has 0 amide bonds. The molecule has 0 bridgehead atoms. The lowest BCUT2D eigenvalue weighted by Crippen LogP contribution is -2.46. The first kappa shape index (κ1) is 19.9. The number of halogens is 1. The Labute approximate surface area is 165 Å². The third-order valence-electron chi connectivity index (χ3n) is 4.72.